The van der Waals surface area contributed by atoms with Gasteiger partial charge in [-0.1, -0.05) is 26.0 Å². The van der Waals surface area contributed by atoms with Crippen LogP contribution in [-0.2, 0) is 46.2 Å². The topological polar surface area (TPSA) is 147 Å². The number of benzene rings is 2. The summed E-state index contributed by atoms with van der Waals surface area (Å²) in [5.41, 5.74) is 0.435. The highest BCUT2D eigenvalue weighted by atomic mass is 19.1. The Bertz CT molecular complexity index is 1490. The molecule has 284 valence electrons. The van der Waals surface area contributed by atoms with E-state index in [9.17, 15) is 32.8 Å². The van der Waals surface area contributed by atoms with Crippen LogP contribution >= 0.6 is 0 Å². The number of ether oxygens (including phenoxy) is 5. The second kappa shape index (κ2) is 20.9. The summed E-state index contributed by atoms with van der Waals surface area (Å²) >= 11 is 0. The Morgan fingerprint density at radius 1 is 0.745 bits per heavy atom. The second-order valence-electron chi connectivity index (χ2n) is 13.0. The van der Waals surface area contributed by atoms with Gasteiger partial charge in [-0.2, -0.15) is 0 Å². The van der Waals surface area contributed by atoms with Gasteiger partial charge in [0.1, 0.15) is 5.60 Å². The molecule has 14 heteroatoms. The van der Waals surface area contributed by atoms with Crippen molar-refractivity contribution in [1.29, 1.82) is 0 Å². The van der Waals surface area contributed by atoms with Crippen LogP contribution < -0.4 is 14.8 Å². The molecule has 0 spiro atoms. The van der Waals surface area contributed by atoms with Gasteiger partial charge < -0.3 is 33.9 Å². The summed E-state index contributed by atoms with van der Waals surface area (Å²) in [6.07, 6.45) is -0.330. The van der Waals surface area contributed by atoms with Crippen LogP contribution in [0.4, 0.5) is 13.6 Å². The van der Waals surface area contributed by atoms with Crippen molar-refractivity contribution in [3.05, 3.63) is 59.2 Å². The van der Waals surface area contributed by atoms with Gasteiger partial charge in [0.15, 0.2) is 34.7 Å². The molecule has 0 saturated carbocycles. The average Bonchev–Trinajstić information content (AvgIpc) is 3.07. The molecule has 2 aromatic carbocycles. The molecule has 0 saturated heterocycles. The van der Waals surface area contributed by atoms with Crippen LogP contribution in [0.5, 0.6) is 11.5 Å². The van der Waals surface area contributed by atoms with Gasteiger partial charge in [-0.25, -0.2) is 13.6 Å². The molecule has 1 amide bonds. The quantitative estimate of drug-likeness (QED) is 0.182. The van der Waals surface area contributed by atoms with E-state index in [0.717, 1.165) is 0 Å². The normalized spacial score (nSPS) is 13.3. The number of carbonyl (C=O) groups excluding carboxylic acids is 5. The third kappa shape index (κ3) is 14.7. The van der Waals surface area contributed by atoms with Crippen LogP contribution in [0.2, 0.25) is 0 Å². The Labute approximate surface area is 299 Å². The number of nitrogens with zero attached hydrogens (tertiary/aromatic N) is 1. The van der Waals surface area contributed by atoms with Gasteiger partial charge in [0, 0.05) is 26.3 Å². The van der Waals surface area contributed by atoms with E-state index in [2.05, 4.69) is 14.8 Å². The molecule has 0 aromatic heterocycles. The van der Waals surface area contributed by atoms with Gasteiger partial charge in [-0.05, 0) is 69.6 Å². The van der Waals surface area contributed by atoms with E-state index >= 15 is 0 Å². The largest absolute Gasteiger partial charge is 0.494 e. The number of halogens is 2. The fraction of sp³-hybridized carbons (Fsp3) is 0.541. The zero-order valence-corrected chi connectivity index (χ0v) is 31.4. The summed E-state index contributed by atoms with van der Waals surface area (Å²) in [6, 6.07) is 7.49. The van der Waals surface area contributed by atoms with Gasteiger partial charge >= 0.3 is 18.0 Å². The highest BCUT2D eigenvalue weighted by Crippen LogP contribution is 2.22. The number of rotatable bonds is 16. The first kappa shape index (κ1) is 44.4. The van der Waals surface area contributed by atoms with Crippen LogP contribution in [0.1, 0.15) is 58.6 Å². The lowest BCUT2D eigenvalue weighted by atomic mass is 9.94. The molecule has 2 rings (SSSR count). The minimum atomic E-state index is -0.940. The van der Waals surface area contributed by atoms with Gasteiger partial charge in [-0.3, -0.25) is 19.2 Å². The molecule has 12 nitrogen and oxygen atoms in total. The Balaban J connectivity index is 0.000000530. The predicted octanol–water partition coefficient (Wildman–Crippen LogP) is 5.11. The number of methoxy groups -OCH3 is 4. The van der Waals surface area contributed by atoms with Crippen molar-refractivity contribution >= 4 is 29.6 Å². The highest BCUT2D eigenvalue weighted by Gasteiger charge is 2.32. The zero-order chi connectivity index (χ0) is 39.1. The molecular weight excluding hydrogens is 670 g/mol. The van der Waals surface area contributed by atoms with Crippen LogP contribution in [0.3, 0.4) is 0 Å². The number of esters is 2. The van der Waals surface area contributed by atoms with Crippen molar-refractivity contribution in [1.82, 2.24) is 10.2 Å². The van der Waals surface area contributed by atoms with Crippen molar-refractivity contribution in [3.63, 3.8) is 0 Å². The fourth-order valence-electron chi connectivity index (χ4n) is 4.89. The fourth-order valence-corrected chi connectivity index (χ4v) is 4.89. The van der Waals surface area contributed by atoms with Crippen molar-refractivity contribution in [2.24, 2.45) is 11.8 Å². The van der Waals surface area contributed by atoms with Crippen LogP contribution in [0.15, 0.2) is 36.4 Å². The summed E-state index contributed by atoms with van der Waals surface area (Å²) in [5.74, 6) is -3.37. The minimum absolute atomic E-state index is 0.0589. The SMILES string of the molecule is CN[C@@H](Cc1ccc(OC)c(F)c1)C(=O)C[C@@H](C)C(=O)OC.COC(=O)[C@H](C)CC(=O)[C@H](Cc1ccc(OC)c(F)c1)N(C)C(=O)OC(C)(C)C. The molecule has 0 heterocycles. The van der Waals surface area contributed by atoms with Crippen LogP contribution in [-0.4, -0.2) is 94.7 Å². The Morgan fingerprint density at radius 2 is 1.18 bits per heavy atom. The first-order valence-electron chi connectivity index (χ1n) is 16.3. The Kier molecular flexibility index (Phi) is 18.2. The Hall–Kier alpha value is -4.59. The van der Waals surface area contributed by atoms with Crippen LogP contribution in [0, 0.1) is 23.5 Å². The predicted molar refractivity (Wildman–Crippen MR) is 186 cm³/mol. The van der Waals surface area contributed by atoms with Crippen molar-refractivity contribution in [2.75, 3.05) is 42.5 Å². The number of Topliss-reactive ketones (excluding diaryl/α,β-unsaturated/α-hetero) is 2. The third-order valence-corrected chi connectivity index (χ3v) is 7.78. The van der Waals surface area contributed by atoms with E-state index in [1.165, 1.54) is 64.7 Å². The number of ketones is 2. The zero-order valence-electron chi connectivity index (χ0n) is 31.4. The Morgan fingerprint density at radius 3 is 1.55 bits per heavy atom. The average molecular weight is 723 g/mol. The monoisotopic (exact) mass is 722 g/mol. The molecule has 0 aliphatic heterocycles. The standard InChI is InChI=1S/C21H30FNO6.C16H22FNO4/c1-13(19(25)28-7)10-17(24)16(23(5)20(26)29-21(2,3)4)12-14-8-9-18(27-6)15(22)11-14;1-10(16(20)22-4)7-14(19)13(18-2)9-11-5-6-15(21-3)12(17)8-11/h8-9,11,13,16H,10,12H2,1-7H3;5-6,8,10,13,18H,7,9H2,1-4H3/t13-,16+;10-,13+/m11/s1. The molecule has 51 heavy (non-hydrogen) atoms. The molecule has 0 bridgehead atoms. The van der Waals surface area contributed by atoms with Gasteiger partial charge in [0.25, 0.3) is 0 Å². The third-order valence-electron chi connectivity index (χ3n) is 7.78. The molecule has 2 aromatic rings. The van der Waals surface area contributed by atoms with E-state index in [1.807, 2.05) is 0 Å². The molecular formula is C37H52F2N2O10. The summed E-state index contributed by atoms with van der Waals surface area (Å²) < 4.78 is 52.1. The number of nitrogens with one attached hydrogen (secondary N) is 1. The lowest BCUT2D eigenvalue weighted by Gasteiger charge is -2.30. The first-order valence-corrected chi connectivity index (χ1v) is 16.3. The summed E-state index contributed by atoms with van der Waals surface area (Å²) in [5, 5.41) is 2.91. The second-order valence-corrected chi connectivity index (χ2v) is 13.0. The van der Waals surface area contributed by atoms with E-state index in [0.29, 0.717) is 17.5 Å². The summed E-state index contributed by atoms with van der Waals surface area (Å²) in [6.45, 7) is 8.36. The number of carbonyl (C=O) groups is 5. The van der Waals surface area contributed by atoms with E-state index < -0.39 is 59.2 Å². The molecule has 1 N–H and O–H groups in total. The van der Waals surface area contributed by atoms with E-state index in [1.54, 1.807) is 53.8 Å². The van der Waals surface area contributed by atoms with Crippen LogP contribution in [0.25, 0.3) is 0 Å². The number of amides is 1. The summed E-state index contributed by atoms with van der Waals surface area (Å²) in [7, 11) is 8.39. The maximum absolute atomic E-state index is 14.1. The lowest BCUT2D eigenvalue weighted by molar-refractivity contribution is -0.147. The number of likely N-dealkylation sites (N-methyl/N-ethyl adjacent to an activating group) is 2. The maximum atomic E-state index is 14.1. The lowest BCUT2D eigenvalue weighted by Crippen LogP contribution is -2.46. The number of hydrogen-bond donors (Lipinski definition) is 1. The first-order chi connectivity index (χ1) is 23.8. The molecule has 0 aliphatic rings. The molecule has 0 aliphatic carbocycles. The maximum Gasteiger partial charge on any atom is 0.410 e. The smallest absolute Gasteiger partial charge is 0.410 e. The highest BCUT2D eigenvalue weighted by molar-refractivity contribution is 5.90. The molecule has 0 fully saturated rings. The minimum Gasteiger partial charge on any atom is -0.494 e. The molecule has 0 unspecified atom stereocenters. The molecule has 0 radical (unpaired) electrons. The van der Waals surface area contributed by atoms with Gasteiger partial charge in [0.2, 0.25) is 0 Å². The van der Waals surface area contributed by atoms with Gasteiger partial charge in [-0.15, -0.1) is 0 Å². The molecule has 4 atom stereocenters. The number of hydrogen-bond acceptors (Lipinski definition) is 11. The van der Waals surface area contributed by atoms with Gasteiger partial charge in [0.05, 0.1) is 52.4 Å². The van der Waals surface area contributed by atoms with Crippen molar-refractivity contribution in [3.8, 4) is 11.5 Å². The van der Waals surface area contributed by atoms with Crippen molar-refractivity contribution in [2.45, 2.75) is 78.0 Å². The summed E-state index contributed by atoms with van der Waals surface area (Å²) in [4.78, 5) is 61.9. The van der Waals surface area contributed by atoms with E-state index in [4.69, 9.17) is 14.2 Å². The van der Waals surface area contributed by atoms with E-state index in [-0.39, 0.29) is 42.3 Å². The van der Waals surface area contributed by atoms with Crippen molar-refractivity contribution < 1.29 is 56.4 Å².